The summed E-state index contributed by atoms with van der Waals surface area (Å²) in [5, 5.41) is 15.8. The molecule has 26 heavy (non-hydrogen) atoms. The SMILES string of the molecule is CN(CCO)CC(=O)N[C@@H]1CC[C@H](NC(=O)c2ccnc3[nH]ccc23)C1. The van der Waals surface area contributed by atoms with E-state index in [-0.39, 0.29) is 37.0 Å². The van der Waals surface area contributed by atoms with E-state index in [2.05, 4.69) is 20.6 Å². The van der Waals surface area contributed by atoms with E-state index in [1.165, 1.54) is 0 Å². The van der Waals surface area contributed by atoms with Gasteiger partial charge >= 0.3 is 0 Å². The van der Waals surface area contributed by atoms with Gasteiger partial charge in [0.1, 0.15) is 5.65 Å². The monoisotopic (exact) mass is 359 g/mol. The van der Waals surface area contributed by atoms with Crippen molar-refractivity contribution in [3.8, 4) is 0 Å². The minimum atomic E-state index is -0.114. The predicted octanol–water partition coefficient (Wildman–Crippen LogP) is 0.254. The third-order valence-corrected chi connectivity index (χ3v) is 4.73. The zero-order valence-corrected chi connectivity index (χ0v) is 14.9. The van der Waals surface area contributed by atoms with Crippen molar-refractivity contribution in [1.82, 2.24) is 25.5 Å². The quantitative estimate of drug-likeness (QED) is 0.567. The van der Waals surface area contributed by atoms with Gasteiger partial charge < -0.3 is 20.7 Å². The lowest BCUT2D eigenvalue weighted by Crippen LogP contribution is -2.41. The second kappa shape index (κ2) is 8.29. The average Bonchev–Trinajstić information content (AvgIpc) is 3.23. The lowest BCUT2D eigenvalue weighted by molar-refractivity contribution is -0.122. The van der Waals surface area contributed by atoms with Gasteiger partial charge in [0.2, 0.25) is 5.91 Å². The van der Waals surface area contributed by atoms with Crippen LogP contribution in [-0.2, 0) is 4.79 Å². The van der Waals surface area contributed by atoms with E-state index in [0.717, 1.165) is 24.6 Å². The first kappa shape index (κ1) is 18.3. The predicted molar refractivity (Wildman–Crippen MR) is 97.7 cm³/mol. The van der Waals surface area contributed by atoms with Crippen LogP contribution in [0.25, 0.3) is 11.0 Å². The molecule has 1 aliphatic rings. The van der Waals surface area contributed by atoms with Crippen molar-refractivity contribution >= 4 is 22.8 Å². The van der Waals surface area contributed by atoms with Crippen LogP contribution in [0.3, 0.4) is 0 Å². The molecule has 4 N–H and O–H groups in total. The van der Waals surface area contributed by atoms with Crippen molar-refractivity contribution in [2.75, 3.05) is 26.7 Å². The second-order valence-corrected chi connectivity index (χ2v) is 6.81. The molecule has 1 fully saturated rings. The fraction of sp³-hybridized carbons (Fsp3) is 0.500. The molecule has 2 aromatic rings. The number of hydrogen-bond donors (Lipinski definition) is 4. The van der Waals surface area contributed by atoms with Crippen LogP contribution in [0, 0.1) is 0 Å². The molecule has 2 atom stereocenters. The van der Waals surface area contributed by atoms with Gasteiger partial charge in [-0.25, -0.2) is 4.98 Å². The Morgan fingerprint density at radius 2 is 2.08 bits per heavy atom. The van der Waals surface area contributed by atoms with E-state index < -0.39 is 0 Å². The Morgan fingerprint density at radius 1 is 1.31 bits per heavy atom. The topological polar surface area (TPSA) is 110 Å². The molecule has 0 radical (unpaired) electrons. The first-order chi connectivity index (χ1) is 12.6. The Bertz CT molecular complexity index is 775. The number of likely N-dealkylation sites (N-methyl/N-ethyl adjacent to an activating group) is 1. The van der Waals surface area contributed by atoms with Crippen LogP contribution < -0.4 is 10.6 Å². The molecule has 1 aliphatic carbocycles. The van der Waals surface area contributed by atoms with Crippen LogP contribution in [0.5, 0.6) is 0 Å². The summed E-state index contributed by atoms with van der Waals surface area (Å²) >= 11 is 0. The van der Waals surface area contributed by atoms with Gasteiger partial charge in [0.05, 0.1) is 18.7 Å². The molecule has 1 saturated carbocycles. The summed E-state index contributed by atoms with van der Waals surface area (Å²) < 4.78 is 0. The Labute approximate surface area is 152 Å². The second-order valence-electron chi connectivity index (χ2n) is 6.81. The van der Waals surface area contributed by atoms with E-state index >= 15 is 0 Å². The third-order valence-electron chi connectivity index (χ3n) is 4.73. The van der Waals surface area contributed by atoms with Gasteiger partial charge in [0, 0.05) is 36.4 Å². The van der Waals surface area contributed by atoms with Crippen molar-refractivity contribution in [1.29, 1.82) is 0 Å². The first-order valence-corrected chi connectivity index (χ1v) is 8.88. The van der Waals surface area contributed by atoms with Gasteiger partial charge in [-0.05, 0) is 38.4 Å². The molecule has 2 amide bonds. The number of aromatic amines is 1. The molecule has 0 saturated heterocycles. The largest absolute Gasteiger partial charge is 0.395 e. The normalized spacial score (nSPS) is 19.8. The smallest absolute Gasteiger partial charge is 0.252 e. The van der Waals surface area contributed by atoms with Crippen molar-refractivity contribution in [3.05, 3.63) is 30.1 Å². The molecule has 0 spiro atoms. The summed E-state index contributed by atoms with van der Waals surface area (Å²) in [6.07, 6.45) is 5.79. The van der Waals surface area contributed by atoms with Gasteiger partial charge in [-0.15, -0.1) is 0 Å². The van der Waals surface area contributed by atoms with E-state index in [1.54, 1.807) is 30.4 Å². The van der Waals surface area contributed by atoms with Crippen molar-refractivity contribution in [2.45, 2.75) is 31.3 Å². The number of H-pyrrole nitrogens is 1. The molecule has 140 valence electrons. The molecule has 8 nitrogen and oxygen atoms in total. The molecule has 0 bridgehead atoms. The van der Waals surface area contributed by atoms with Gasteiger partial charge in [-0.3, -0.25) is 14.5 Å². The van der Waals surface area contributed by atoms with E-state index in [4.69, 9.17) is 5.11 Å². The van der Waals surface area contributed by atoms with Crippen LogP contribution in [0.2, 0.25) is 0 Å². The number of amides is 2. The van der Waals surface area contributed by atoms with E-state index in [9.17, 15) is 9.59 Å². The minimum absolute atomic E-state index is 0.0325. The average molecular weight is 359 g/mol. The van der Waals surface area contributed by atoms with Crippen molar-refractivity contribution < 1.29 is 14.7 Å². The summed E-state index contributed by atoms with van der Waals surface area (Å²) in [6.45, 7) is 0.762. The third kappa shape index (κ3) is 4.39. The van der Waals surface area contributed by atoms with Gasteiger partial charge in [-0.1, -0.05) is 0 Å². The number of carbonyl (C=O) groups excluding carboxylic acids is 2. The first-order valence-electron chi connectivity index (χ1n) is 8.88. The van der Waals surface area contributed by atoms with E-state index in [1.807, 2.05) is 6.07 Å². The highest BCUT2D eigenvalue weighted by atomic mass is 16.3. The molecule has 0 aromatic carbocycles. The van der Waals surface area contributed by atoms with Gasteiger partial charge in [0.25, 0.3) is 5.91 Å². The maximum absolute atomic E-state index is 12.6. The minimum Gasteiger partial charge on any atom is -0.395 e. The van der Waals surface area contributed by atoms with E-state index in [0.29, 0.717) is 17.8 Å². The Balaban J connectivity index is 1.51. The van der Waals surface area contributed by atoms with Crippen molar-refractivity contribution in [3.63, 3.8) is 0 Å². The van der Waals surface area contributed by atoms with Crippen molar-refractivity contribution in [2.24, 2.45) is 0 Å². The summed E-state index contributed by atoms with van der Waals surface area (Å²) in [5.74, 6) is -0.169. The maximum Gasteiger partial charge on any atom is 0.252 e. The number of hydrogen-bond acceptors (Lipinski definition) is 5. The van der Waals surface area contributed by atoms with Crippen LogP contribution in [0.1, 0.15) is 29.6 Å². The fourth-order valence-electron chi connectivity index (χ4n) is 3.43. The number of nitrogens with one attached hydrogen (secondary N) is 3. The highest BCUT2D eigenvalue weighted by molar-refractivity contribution is 6.05. The molecule has 0 unspecified atom stereocenters. The Morgan fingerprint density at radius 3 is 2.85 bits per heavy atom. The lowest BCUT2D eigenvalue weighted by atomic mass is 10.1. The van der Waals surface area contributed by atoms with Gasteiger partial charge in [0.15, 0.2) is 0 Å². The number of rotatable bonds is 7. The van der Waals surface area contributed by atoms with Crippen LogP contribution in [0.4, 0.5) is 0 Å². The number of fused-ring (bicyclic) bond motifs is 1. The number of pyridine rings is 1. The summed E-state index contributed by atoms with van der Waals surface area (Å²) in [7, 11) is 1.80. The Hall–Kier alpha value is -2.45. The number of nitrogens with zero attached hydrogens (tertiary/aromatic N) is 2. The number of aromatic nitrogens is 2. The standard InChI is InChI=1S/C18H25N5O3/c1-23(8-9-24)11-16(25)21-12-2-3-13(10-12)22-18(26)15-5-7-20-17-14(15)4-6-19-17/h4-7,12-13,24H,2-3,8-11H2,1H3,(H,19,20)(H,21,25)(H,22,26)/t12-,13+/m1/s1. The summed E-state index contributed by atoms with van der Waals surface area (Å²) in [4.78, 5) is 33.6. The van der Waals surface area contributed by atoms with Gasteiger partial charge in [-0.2, -0.15) is 0 Å². The molecule has 3 rings (SSSR count). The Kier molecular flexibility index (Phi) is 5.85. The summed E-state index contributed by atoms with van der Waals surface area (Å²) in [6, 6.07) is 3.68. The molecule has 8 heteroatoms. The summed E-state index contributed by atoms with van der Waals surface area (Å²) in [5.41, 5.74) is 1.30. The maximum atomic E-state index is 12.6. The highest BCUT2D eigenvalue weighted by Gasteiger charge is 2.27. The zero-order chi connectivity index (χ0) is 18.5. The molecule has 0 aliphatic heterocycles. The lowest BCUT2D eigenvalue weighted by Gasteiger charge is -2.18. The molecular formula is C18H25N5O3. The number of carbonyl (C=O) groups is 2. The highest BCUT2D eigenvalue weighted by Crippen LogP contribution is 2.21. The molecular weight excluding hydrogens is 334 g/mol. The number of aliphatic hydroxyl groups is 1. The molecule has 2 aromatic heterocycles. The number of aliphatic hydroxyl groups excluding tert-OH is 1. The zero-order valence-electron chi connectivity index (χ0n) is 14.9. The van der Waals surface area contributed by atoms with Crippen LogP contribution >= 0.6 is 0 Å². The van der Waals surface area contributed by atoms with Crippen LogP contribution in [-0.4, -0.2) is 70.6 Å². The molecule has 2 heterocycles. The van der Waals surface area contributed by atoms with Crippen LogP contribution in [0.15, 0.2) is 24.5 Å². The fourth-order valence-corrected chi connectivity index (χ4v) is 3.43.